The molecular weight excluding hydrogens is 246 g/mol. The van der Waals surface area contributed by atoms with Crippen LogP contribution in [-0.2, 0) is 9.53 Å². The summed E-state index contributed by atoms with van der Waals surface area (Å²) < 4.78 is 5.36. The van der Waals surface area contributed by atoms with Gasteiger partial charge < -0.3 is 20.3 Å². The summed E-state index contributed by atoms with van der Waals surface area (Å²) in [5.74, 6) is -0.146. The summed E-state index contributed by atoms with van der Waals surface area (Å²) >= 11 is 0. The lowest BCUT2D eigenvalue weighted by molar-refractivity contribution is -0.126. The summed E-state index contributed by atoms with van der Waals surface area (Å²) in [6.45, 7) is 8.04. The number of fused-ring (bicyclic) bond motifs is 1. The Morgan fingerprint density at radius 3 is 2.79 bits per heavy atom. The molecule has 2 aliphatic rings. The van der Waals surface area contributed by atoms with Crippen LogP contribution in [0.25, 0.3) is 0 Å². The van der Waals surface area contributed by atoms with Crippen LogP contribution in [0, 0.1) is 5.92 Å². The van der Waals surface area contributed by atoms with Gasteiger partial charge in [0.15, 0.2) is 0 Å². The molecule has 6 nitrogen and oxygen atoms in total. The van der Waals surface area contributed by atoms with Crippen LogP contribution in [0.2, 0.25) is 0 Å². The number of hydrogen-bond acceptors (Lipinski definition) is 4. The highest BCUT2D eigenvalue weighted by Crippen LogP contribution is 2.21. The molecule has 2 aliphatic heterocycles. The Kier molecular flexibility index (Phi) is 3.99. The Morgan fingerprint density at radius 2 is 2.11 bits per heavy atom. The Hall–Kier alpha value is -1.30. The maximum absolute atomic E-state index is 12.0. The van der Waals surface area contributed by atoms with Gasteiger partial charge in [0.2, 0.25) is 5.91 Å². The number of carbonyl (C=O) groups excluding carboxylic acids is 2. The molecule has 19 heavy (non-hydrogen) atoms. The number of likely N-dealkylation sites (tertiary alicyclic amines) is 1. The first-order valence-electron chi connectivity index (χ1n) is 6.86. The topological polar surface area (TPSA) is 70.7 Å². The molecule has 0 aromatic rings. The molecule has 0 aromatic heterocycles. The van der Waals surface area contributed by atoms with Gasteiger partial charge in [0.25, 0.3) is 0 Å². The number of ether oxygens (including phenoxy) is 1. The zero-order chi connectivity index (χ0) is 14.0. The largest absolute Gasteiger partial charge is 0.444 e. The third kappa shape index (κ3) is 3.59. The predicted molar refractivity (Wildman–Crippen MR) is 70.7 cm³/mol. The summed E-state index contributed by atoms with van der Waals surface area (Å²) in [6.07, 6.45) is 0.458. The average molecular weight is 269 g/mol. The first-order chi connectivity index (χ1) is 8.87. The van der Waals surface area contributed by atoms with Gasteiger partial charge in [-0.15, -0.1) is 0 Å². The molecule has 108 valence electrons. The molecule has 0 saturated carbocycles. The molecule has 6 heteroatoms. The minimum absolute atomic E-state index is 0.0308. The second-order valence-electron chi connectivity index (χ2n) is 6.17. The molecule has 0 unspecified atom stereocenters. The third-order valence-electron chi connectivity index (χ3n) is 3.43. The van der Waals surface area contributed by atoms with E-state index in [0.717, 1.165) is 13.0 Å². The normalized spacial score (nSPS) is 28.2. The number of carbonyl (C=O) groups is 2. The Labute approximate surface area is 113 Å². The first-order valence-corrected chi connectivity index (χ1v) is 6.86. The predicted octanol–water partition coefficient (Wildman–Crippen LogP) is 0.331. The molecule has 0 aromatic carbocycles. The maximum atomic E-state index is 12.0. The van der Waals surface area contributed by atoms with Crippen molar-refractivity contribution in [3.63, 3.8) is 0 Å². The van der Waals surface area contributed by atoms with Crippen molar-refractivity contribution in [2.24, 2.45) is 5.92 Å². The number of nitrogens with one attached hydrogen (secondary N) is 2. The van der Waals surface area contributed by atoms with Crippen LogP contribution < -0.4 is 10.6 Å². The molecule has 2 atom stereocenters. The van der Waals surface area contributed by atoms with E-state index >= 15 is 0 Å². The molecular formula is C13H23N3O3. The maximum Gasteiger partial charge on any atom is 0.410 e. The second kappa shape index (κ2) is 5.36. The van der Waals surface area contributed by atoms with E-state index in [2.05, 4.69) is 10.6 Å². The van der Waals surface area contributed by atoms with E-state index < -0.39 is 5.60 Å². The fraction of sp³-hybridized carbons (Fsp3) is 0.846. The van der Waals surface area contributed by atoms with E-state index in [1.54, 1.807) is 4.90 Å². The van der Waals surface area contributed by atoms with Gasteiger partial charge >= 0.3 is 6.09 Å². The molecule has 2 heterocycles. The van der Waals surface area contributed by atoms with Crippen molar-refractivity contribution in [3.05, 3.63) is 0 Å². The summed E-state index contributed by atoms with van der Waals surface area (Å²) in [7, 11) is 0. The van der Waals surface area contributed by atoms with E-state index in [1.165, 1.54) is 0 Å². The van der Waals surface area contributed by atoms with Crippen LogP contribution in [-0.4, -0.2) is 54.7 Å². The van der Waals surface area contributed by atoms with Crippen molar-refractivity contribution in [2.45, 2.75) is 38.8 Å². The molecule has 2 N–H and O–H groups in total. The molecule has 0 aliphatic carbocycles. The molecule has 0 spiro atoms. The summed E-state index contributed by atoms with van der Waals surface area (Å²) in [6, 6.07) is 0.168. The summed E-state index contributed by atoms with van der Waals surface area (Å²) in [4.78, 5) is 25.6. The molecule has 2 amide bonds. The zero-order valence-electron chi connectivity index (χ0n) is 11.9. The zero-order valence-corrected chi connectivity index (χ0v) is 11.9. The van der Waals surface area contributed by atoms with E-state index in [-0.39, 0.29) is 24.0 Å². The first kappa shape index (κ1) is 14.1. The van der Waals surface area contributed by atoms with Crippen molar-refractivity contribution in [3.8, 4) is 0 Å². The Bertz CT molecular complexity index is 365. The number of nitrogens with zero attached hydrogens (tertiary/aromatic N) is 1. The highest BCUT2D eigenvalue weighted by Gasteiger charge is 2.38. The fourth-order valence-corrected chi connectivity index (χ4v) is 2.53. The smallest absolute Gasteiger partial charge is 0.410 e. The van der Waals surface area contributed by atoms with E-state index in [0.29, 0.717) is 19.6 Å². The second-order valence-corrected chi connectivity index (χ2v) is 6.17. The van der Waals surface area contributed by atoms with Crippen molar-refractivity contribution in [1.82, 2.24) is 15.5 Å². The summed E-state index contributed by atoms with van der Waals surface area (Å²) in [5.41, 5.74) is -0.502. The van der Waals surface area contributed by atoms with E-state index in [1.807, 2.05) is 20.8 Å². The van der Waals surface area contributed by atoms with E-state index in [9.17, 15) is 9.59 Å². The highest BCUT2D eigenvalue weighted by atomic mass is 16.6. The SMILES string of the molecule is CC(C)(C)OC(=O)N1CC[C@H]2NCCNC(=O)[C@H]2C1. The Balaban J connectivity index is 1.99. The van der Waals surface area contributed by atoms with Gasteiger partial charge in [0.05, 0.1) is 5.92 Å². The minimum Gasteiger partial charge on any atom is -0.444 e. The van der Waals surface area contributed by atoms with Crippen LogP contribution in [0.3, 0.4) is 0 Å². The molecule has 2 fully saturated rings. The number of amides is 2. The lowest BCUT2D eigenvalue weighted by atomic mass is 9.92. The quantitative estimate of drug-likeness (QED) is 0.665. The number of piperidine rings is 1. The van der Waals surface area contributed by atoms with Crippen LogP contribution in [0.4, 0.5) is 4.79 Å². The van der Waals surface area contributed by atoms with Gasteiger partial charge in [-0.1, -0.05) is 0 Å². The lowest BCUT2D eigenvalue weighted by Crippen LogP contribution is -2.54. The monoisotopic (exact) mass is 269 g/mol. The lowest BCUT2D eigenvalue weighted by Gasteiger charge is -2.37. The number of rotatable bonds is 0. The summed E-state index contributed by atoms with van der Waals surface area (Å²) in [5, 5.41) is 6.23. The molecule has 2 rings (SSSR count). The number of hydrogen-bond donors (Lipinski definition) is 2. The van der Waals surface area contributed by atoms with Crippen molar-refractivity contribution < 1.29 is 14.3 Å². The third-order valence-corrected chi connectivity index (χ3v) is 3.43. The van der Waals surface area contributed by atoms with E-state index in [4.69, 9.17) is 4.74 Å². The van der Waals surface area contributed by atoms with Crippen LogP contribution in [0.1, 0.15) is 27.2 Å². The highest BCUT2D eigenvalue weighted by molar-refractivity contribution is 5.81. The average Bonchev–Trinajstić information content (AvgIpc) is 2.49. The fourth-order valence-electron chi connectivity index (χ4n) is 2.53. The van der Waals surface area contributed by atoms with Crippen LogP contribution >= 0.6 is 0 Å². The minimum atomic E-state index is -0.502. The van der Waals surface area contributed by atoms with Crippen molar-refractivity contribution >= 4 is 12.0 Å². The van der Waals surface area contributed by atoms with Gasteiger partial charge in [-0.05, 0) is 27.2 Å². The van der Waals surface area contributed by atoms with Crippen LogP contribution in [0.5, 0.6) is 0 Å². The van der Waals surface area contributed by atoms with Gasteiger partial charge in [-0.3, -0.25) is 4.79 Å². The van der Waals surface area contributed by atoms with Gasteiger partial charge in [0, 0.05) is 32.2 Å². The van der Waals surface area contributed by atoms with Gasteiger partial charge in [0.1, 0.15) is 5.60 Å². The molecule has 0 radical (unpaired) electrons. The van der Waals surface area contributed by atoms with Crippen molar-refractivity contribution in [2.75, 3.05) is 26.2 Å². The van der Waals surface area contributed by atoms with Crippen LogP contribution in [0.15, 0.2) is 0 Å². The Morgan fingerprint density at radius 1 is 1.37 bits per heavy atom. The molecule has 0 bridgehead atoms. The van der Waals surface area contributed by atoms with Gasteiger partial charge in [-0.2, -0.15) is 0 Å². The molecule has 2 saturated heterocycles. The van der Waals surface area contributed by atoms with Gasteiger partial charge in [-0.25, -0.2) is 4.79 Å². The van der Waals surface area contributed by atoms with Crippen molar-refractivity contribution in [1.29, 1.82) is 0 Å². The standard InChI is InChI=1S/C13H23N3O3/c1-13(2,3)19-12(18)16-7-4-10-9(8-16)11(17)15-6-5-14-10/h9-10,14H,4-8H2,1-3H3,(H,15,17)/t9-,10+/m0/s1.